The Bertz CT molecular complexity index is 864. The van der Waals surface area contributed by atoms with Gasteiger partial charge in [-0.3, -0.25) is 9.69 Å². The Morgan fingerprint density at radius 1 is 0.939 bits per heavy atom. The van der Waals surface area contributed by atoms with Crippen LogP contribution in [0.25, 0.3) is 0 Å². The molecule has 2 aliphatic heterocycles. The fourth-order valence-corrected chi connectivity index (χ4v) is 5.30. The van der Waals surface area contributed by atoms with Crippen molar-refractivity contribution in [3.05, 3.63) is 71.3 Å². The average Bonchev–Trinajstić information content (AvgIpc) is 2.82. The molecule has 1 unspecified atom stereocenters. The van der Waals surface area contributed by atoms with Gasteiger partial charge in [-0.1, -0.05) is 38.1 Å². The topological polar surface area (TPSA) is 35.6 Å². The quantitative estimate of drug-likeness (QED) is 0.691. The molecule has 6 heteroatoms. The Hall–Kier alpha value is -2.31. The van der Waals surface area contributed by atoms with Crippen molar-refractivity contribution in [3.8, 4) is 0 Å². The molecule has 2 heterocycles. The van der Waals surface area contributed by atoms with Gasteiger partial charge in [0, 0.05) is 32.1 Å². The molecule has 0 spiro atoms. The van der Waals surface area contributed by atoms with Crippen molar-refractivity contribution >= 4 is 5.91 Å². The molecule has 178 valence electrons. The fourth-order valence-electron chi connectivity index (χ4n) is 5.30. The third-order valence-electron chi connectivity index (χ3n) is 7.20. The van der Waals surface area contributed by atoms with Crippen LogP contribution < -0.4 is 5.32 Å². The van der Waals surface area contributed by atoms with E-state index in [1.165, 1.54) is 24.3 Å². The molecular formula is C27H35F2N3O. The SMILES string of the molecule is CC(C)C1CN(C(c2ccc(F)cc2)c2ccc(F)cc2)CCN1C(=O)CC1CCNCC1. The van der Waals surface area contributed by atoms with Gasteiger partial charge >= 0.3 is 0 Å². The number of rotatable bonds is 6. The minimum Gasteiger partial charge on any atom is -0.337 e. The normalized spacial score (nSPS) is 20.5. The van der Waals surface area contributed by atoms with Crippen molar-refractivity contribution in [1.82, 2.24) is 15.1 Å². The smallest absolute Gasteiger partial charge is 0.223 e. The lowest BCUT2D eigenvalue weighted by atomic mass is 9.91. The number of carbonyl (C=O) groups excluding carboxylic acids is 1. The van der Waals surface area contributed by atoms with Crippen LogP contribution in [-0.2, 0) is 4.79 Å². The summed E-state index contributed by atoms with van der Waals surface area (Å²) in [6, 6.07) is 13.1. The average molecular weight is 456 g/mol. The predicted molar refractivity (Wildman–Crippen MR) is 127 cm³/mol. The number of piperidine rings is 1. The molecule has 0 aliphatic carbocycles. The molecule has 33 heavy (non-hydrogen) atoms. The fraction of sp³-hybridized carbons (Fsp3) is 0.519. The minimum absolute atomic E-state index is 0.108. The maximum atomic E-state index is 13.6. The molecule has 4 nitrogen and oxygen atoms in total. The van der Waals surface area contributed by atoms with Gasteiger partial charge in [-0.25, -0.2) is 8.78 Å². The van der Waals surface area contributed by atoms with Gasteiger partial charge in [0.05, 0.1) is 6.04 Å². The van der Waals surface area contributed by atoms with Crippen LogP contribution in [0.15, 0.2) is 48.5 Å². The van der Waals surface area contributed by atoms with Crippen LogP contribution in [0.4, 0.5) is 8.78 Å². The van der Waals surface area contributed by atoms with Gasteiger partial charge in [0.25, 0.3) is 0 Å². The van der Waals surface area contributed by atoms with Crippen molar-refractivity contribution in [1.29, 1.82) is 0 Å². The maximum Gasteiger partial charge on any atom is 0.223 e. The third kappa shape index (κ3) is 5.79. The third-order valence-corrected chi connectivity index (χ3v) is 7.20. The molecule has 0 radical (unpaired) electrons. The largest absolute Gasteiger partial charge is 0.337 e. The van der Waals surface area contributed by atoms with Crippen LogP contribution in [-0.4, -0.2) is 54.5 Å². The maximum absolute atomic E-state index is 13.6. The summed E-state index contributed by atoms with van der Waals surface area (Å²) in [4.78, 5) is 17.7. The second kappa shape index (κ2) is 10.7. The van der Waals surface area contributed by atoms with Crippen molar-refractivity contribution in [2.24, 2.45) is 11.8 Å². The van der Waals surface area contributed by atoms with Crippen LogP contribution in [0.3, 0.4) is 0 Å². The monoisotopic (exact) mass is 455 g/mol. The van der Waals surface area contributed by atoms with Crippen molar-refractivity contribution < 1.29 is 13.6 Å². The number of hydrogen-bond acceptors (Lipinski definition) is 3. The number of benzene rings is 2. The highest BCUT2D eigenvalue weighted by Gasteiger charge is 2.36. The van der Waals surface area contributed by atoms with Crippen molar-refractivity contribution in [3.63, 3.8) is 0 Å². The van der Waals surface area contributed by atoms with Crippen LogP contribution in [0, 0.1) is 23.5 Å². The molecule has 0 bridgehead atoms. The van der Waals surface area contributed by atoms with E-state index in [1.54, 1.807) is 0 Å². The molecule has 2 fully saturated rings. The van der Waals surface area contributed by atoms with Gasteiger partial charge in [-0.2, -0.15) is 0 Å². The van der Waals surface area contributed by atoms with Gasteiger partial charge < -0.3 is 10.2 Å². The standard InChI is InChI=1S/C27H35F2N3O/c1-19(2)25-18-31(15-16-32(25)26(33)17-20-11-13-30-14-12-20)27(21-3-7-23(28)8-4-21)22-5-9-24(29)10-6-22/h3-10,19-20,25,27,30H,11-18H2,1-2H3. The number of halogens is 2. The van der Waals surface area contributed by atoms with Gasteiger partial charge in [-0.15, -0.1) is 0 Å². The molecule has 1 N–H and O–H groups in total. The van der Waals surface area contributed by atoms with Gasteiger partial charge in [-0.05, 0) is 73.2 Å². The number of nitrogens with one attached hydrogen (secondary N) is 1. The van der Waals surface area contributed by atoms with E-state index in [9.17, 15) is 13.6 Å². The molecule has 1 atom stereocenters. The number of nitrogens with zero attached hydrogens (tertiary/aromatic N) is 2. The van der Waals surface area contributed by atoms with E-state index < -0.39 is 0 Å². The summed E-state index contributed by atoms with van der Waals surface area (Å²) >= 11 is 0. The summed E-state index contributed by atoms with van der Waals surface area (Å²) < 4.78 is 27.3. The van der Waals surface area contributed by atoms with E-state index in [1.807, 2.05) is 24.3 Å². The van der Waals surface area contributed by atoms with E-state index in [2.05, 4.69) is 29.0 Å². The number of hydrogen-bond donors (Lipinski definition) is 1. The lowest BCUT2D eigenvalue weighted by Crippen LogP contribution is -2.58. The molecule has 2 aliphatic rings. The zero-order valence-electron chi connectivity index (χ0n) is 19.6. The van der Waals surface area contributed by atoms with E-state index in [0.717, 1.165) is 50.1 Å². The summed E-state index contributed by atoms with van der Waals surface area (Å²) in [5, 5.41) is 3.37. The molecule has 2 aromatic carbocycles. The predicted octanol–water partition coefficient (Wildman–Crippen LogP) is 4.61. The van der Waals surface area contributed by atoms with Crippen LogP contribution >= 0.6 is 0 Å². The number of amides is 1. The summed E-state index contributed by atoms with van der Waals surface area (Å²) in [6.07, 6.45) is 2.76. The molecule has 0 saturated carbocycles. The lowest BCUT2D eigenvalue weighted by Gasteiger charge is -2.46. The molecule has 1 amide bonds. The number of piperazine rings is 1. The Morgan fingerprint density at radius 2 is 1.48 bits per heavy atom. The number of carbonyl (C=O) groups is 1. The Labute approximate surface area is 196 Å². The molecule has 2 saturated heterocycles. The first-order chi connectivity index (χ1) is 15.9. The Balaban J connectivity index is 1.55. The first kappa shape index (κ1) is 23.8. The highest BCUT2D eigenvalue weighted by Crippen LogP contribution is 2.33. The van der Waals surface area contributed by atoms with Crippen molar-refractivity contribution in [2.75, 3.05) is 32.7 Å². The van der Waals surface area contributed by atoms with Crippen molar-refractivity contribution in [2.45, 2.75) is 45.2 Å². The molecule has 2 aromatic rings. The zero-order chi connectivity index (χ0) is 23.4. The second-order valence-corrected chi connectivity index (χ2v) is 9.80. The van der Waals surface area contributed by atoms with Gasteiger partial charge in [0.15, 0.2) is 0 Å². The second-order valence-electron chi connectivity index (χ2n) is 9.80. The lowest BCUT2D eigenvalue weighted by molar-refractivity contribution is -0.139. The first-order valence-corrected chi connectivity index (χ1v) is 12.2. The summed E-state index contributed by atoms with van der Waals surface area (Å²) in [7, 11) is 0. The van der Waals surface area contributed by atoms with Gasteiger partial charge in [0.2, 0.25) is 5.91 Å². The highest BCUT2D eigenvalue weighted by atomic mass is 19.1. The minimum atomic E-state index is -0.273. The molecule has 0 aromatic heterocycles. The summed E-state index contributed by atoms with van der Waals surface area (Å²) in [5.74, 6) is 0.498. The van der Waals surface area contributed by atoms with Gasteiger partial charge in [0.1, 0.15) is 11.6 Å². The van der Waals surface area contributed by atoms with E-state index in [-0.39, 0.29) is 29.6 Å². The molecule has 4 rings (SSSR count). The van der Waals surface area contributed by atoms with Crippen LogP contribution in [0.2, 0.25) is 0 Å². The van der Waals surface area contributed by atoms with Crippen LogP contribution in [0.1, 0.15) is 50.3 Å². The Morgan fingerprint density at radius 3 is 2.00 bits per heavy atom. The van der Waals surface area contributed by atoms with E-state index >= 15 is 0 Å². The molecular weight excluding hydrogens is 420 g/mol. The highest BCUT2D eigenvalue weighted by molar-refractivity contribution is 5.77. The Kier molecular flexibility index (Phi) is 7.76. The first-order valence-electron chi connectivity index (χ1n) is 12.2. The van der Waals surface area contributed by atoms with E-state index in [4.69, 9.17) is 0 Å². The zero-order valence-corrected chi connectivity index (χ0v) is 19.6. The van der Waals surface area contributed by atoms with Crippen LogP contribution in [0.5, 0.6) is 0 Å². The summed E-state index contributed by atoms with van der Waals surface area (Å²) in [5.41, 5.74) is 1.94. The van der Waals surface area contributed by atoms with E-state index in [0.29, 0.717) is 24.8 Å². The summed E-state index contributed by atoms with van der Waals surface area (Å²) in [6.45, 7) is 8.46.